The third-order valence-electron chi connectivity index (χ3n) is 4.24. The van der Waals surface area contributed by atoms with E-state index in [1.807, 2.05) is 35.2 Å². The zero-order valence-corrected chi connectivity index (χ0v) is 10.8. The number of fused-ring (bicyclic) bond motifs is 2. The third kappa shape index (κ3) is 1.98. The van der Waals surface area contributed by atoms with E-state index in [-0.39, 0.29) is 0 Å². The molecule has 0 aliphatic carbocycles. The fraction of sp³-hybridized carbons (Fsp3) is 0.571. The minimum Gasteiger partial charge on any atom is -0.388 e. The molecular weight excluding hydrogens is 246 g/mol. The van der Waals surface area contributed by atoms with Crippen LogP contribution in [0, 0.1) is 0 Å². The van der Waals surface area contributed by atoms with Crippen LogP contribution in [0.2, 0.25) is 0 Å². The van der Waals surface area contributed by atoms with E-state index in [4.69, 9.17) is 4.74 Å². The van der Waals surface area contributed by atoms with Crippen LogP contribution in [0.15, 0.2) is 30.3 Å². The van der Waals surface area contributed by atoms with Gasteiger partial charge in [0.15, 0.2) is 0 Å². The highest BCUT2D eigenvalue weighted by atomic mass is 16.6. The second kappa shape index (κ2) is 4.54. The summed E-state index contributed by atoms with van der Waals surface area (Å²) < 4.78 is 5.73. The molecule has 5 heteroatoms. The Kier molecular flexibility index (Phi) is 3.11. The van der Waals surface area contributed by atoms with Crippen LogP contribution in [0.3, 0.4) is 0 Å². The van der Waals surface area contributed by atoms with Crippen molar-refractivity contribution in [3.05, 3.63) is 35.9 Å². The first-order valence-electron chi connectivity index (χ1n) is 6.53. The molecule has 1 aromatic rings. The molecule has 0 saturated carbocycles. The van der Waals surface area contributed by atoms with Crippen LogP contribution in [-0.4, -0.2) is 56.9 Å². The number of rotatable bonds is 2. The lowest BCUT2D eigenvalue weighted by Crippen LogP contribution is -2.62. The summed E-state index contributed by atoms with van der Waals surface area (Å²) in [5.41, 5.74) is 0.162. The first-order chi connectivity index (χ1) is 9.02. The van der Waals surface area contributed by atoms with Crippen molar-refractivity contribution in [3.8, 4) is 0 Å². The summed E-state index contributed by atoms with van der Waals surface area (Å²) in [5.74, 6) is 0. The van der Waals surface area contributed by atoms with Gasteiger partial charge in [-0.15, -0.1) is 0 Å². The van der Waals surface area contributed by atoms with Crippen molar-refractivity contribution >= 4 is 0 Å². The maximum absolute atomic E-state index is 10.2. The van der Waals surface area contributed by atoms with Crippen LogP contribution in [0.1, 0.15) is 12.5 Å². The number of likely N-dealkylation sites (tertiary alicyclic amines) is 1. The molecule has 5 atom stereocenters. The fourth-order valence-corrected chi connectivity index (χ4v) is 3.00. The molecule has 2 aliphatic heterocycles. The third-order valence-corrected chi connectivity index (χ3v) is 4.24. The number of nitrogens with zero attached hydrogens (tertiary/aromatic N) is 1. The summed E-state index contributed by atoms with van der Waals surface area (Å²) in [6.07, 6.45) is -3.77. The Morgan fingerprint density at radius 2 is 1.89 bits per heavy atom. The summed E-state index contributed by atoms with van der Waals surface area (Å²) in [4.78, 5) is 1.97. The number of hydrogen-bond acceptors (Lipinski definition) is 5. The van der Waals surface area contributed by atoms with Crippen molar-refractivity contribution in [2.45, 2.75) is 43.6 Å². The van der Waals surface area contributed by atoms with Crippen molar-refractivity contribution in [2.24, 2.45) is 0 Å². The van der Waals surface area contributed by atoms with Crippen LogP contribution in [0.5, 0.6) is 0 Å². The Hall–Kier alpha value is -0.980. The quantitative estimate of drug-likeness (QED) is 0.685. The van der Waals surface area contributed by atoms with Gasteiger partial charge < -0.3 is 20.1 Å². The van der Waals surface area contributed by atoms with Crippen molar-refractivity contribution in [3.63, 3.8) is 0 Å². The molecule has 0 radical (unpaired) electrons. The lowest BCUT2D eigenvalue weighted by atomic mass is 9.95. The lowest BCUT2D eigenvalue weighted by molar-refractivity contribution is -0.257. The zero-order chi connectivity index (χ0) is 13.6. The van der Waals surface area contributed by atoms with Gasteiger partial charge in [-0.25, -0.2) is 0 Å². The highest BCUT2D eigenvalue weighted by molar-refractivity contribution is 5.16. The van der Waals surface area contributed by atoms with E-state index < -0.39 is 30.1 Å². The summed E-state index contributed by atoms with van der Waals surface area (Å²) in [5, 5.41) is 29.9. The van der Waals surface area contributed by atoms with Crippen LogP contribution >= 0.6 is 0 Å². The zero-order valence-electron chi connectivity index (χ0n) is 10.8. The molecule has 3 N–H and O–H groups in total. The molecule has 2 aliphatic rings. The summed E-state index contributed by atoms with van der Waals surface area (Å²) in [7, 11) is 0. The van der Waals surface area contributed by atoms with E-state index in [1.165, 1.54) is 0 Å². The van der Waals surface area contributed by atoms with Gasteiger partial charge in [0.05, 0.1) is 0 Å². The average molecular weight is 265 g/mol. The smallest absolute Gasteiger partial charge is 0.148 e. The molecule has 2 bridgehead atoms. The second-order valence-electron chi connectivity index (χ2n) is 5.50. The van der Waals surface area contributed by atoms with Crippen molar-refractivity contribution in [1.82, 2.24) is 4.90 Å². The Morgan fingerprint density at radius 1 is 1.21 bits per heavy atom. The Labute approximate surface area is 112 Å². The first-order valence-corrected chi connectivity index (χ1v) is 6.53. The second-order valence-corrected chi connectivity index (χ2v) is 5.50. The monoisotopic (exact) mass is 265 g/mol. The van der Waals surface area contributed by atoms with Crippen LogP contribution in [-0.2, 0) is 11.3 Å². The van der Waals surface area contributed by atoms with E-state index in [2.05, 4.69) is 0 Å². The van der Waals surface area contributed by atoms with E-state index in [0.29, 0.717) is 13.1 Å². The molecule has 0 aromatic heterocycles. The molecule has 19 heavy (non-hydrogen) atoms. The van der Waals surface area contributed by atoms with E-state index in [1.54, 1.807) is 6.92 Å². The maximum atomic E-state index is 10.2. The summed E-state index contributed by atoms with van der Waals surface area (Å²) >= 11 is 0. The van der Waals surface area contributed by atoms with Gasteiger partial charge in [-0.05, 0) is 12.5 Å². The molecule has 104 valence electrons. The average Bonchev–Trinajstić information content (AvgIpc) is 2.73. The molecule has 2 saturated heterocycles. The van der Waals surface area contributed by atoms with Gasteiger partial charge in [-0.1, -0.05) is 30.3 Å². The van der Waals surface area contributed by atoms with E-state index in [9.17, 15) is 15.3 Å². The molecule has 3 rings (SSSR count). The molecular formula is C14H19NO4. The topological polar surface area (TPSA) is 73.2 Å². The van der Waals surface area contributed by atoms with Crippen LogP contribution < -0.4 is 0 Å². The van der Waals surface area contributed by atoms with Crippen molar-refractivity contribution < 1.29 is 20.1 Å². The predicted octanol–water partition coefficient (Wildman–Crippen LogP) is -0.300. The molecule has 5 nitrogen and oxygen atoms in total. The van der Waals surface area contributed by atoms with Crippen LogP contribution in [0.25, 0.3) is 0 Å². The Morgan fingerprint density at radius 3 is 2.58 bits per heavy atom. The highest BCUT2D eigenvalue weighted by Gasteiger charge is 2.58. The highest BCUT2D eigenvalue weighted by Crippen LogP contribution is 2.39. The Bertz CT molecular complexity index is 454. The van der Waals surface area contributed by atoms with Gasteiger partial charge in [0.25, 0.3) is 0 Å². The molecule has 0 unspecified atom stereocenters. The molecule has 2 fully saturated rings. The van der Waals surface area contributed by atoms with E-state index in [0.717, 1.165) is 5.56 Å². The summed E-state index contributed by atoms with van der Waals surface area (Å²) in [6.45, 7) is 2.88. The Balaban J connectivity index is 1.84. The van der Waals surface area contributed by atoms with Gasteiger partial charge >= 0.3 is 0 Å². The normalized spacial score (nSPS) is 42.5. The number of ether oxygens (including phenoxy) is 1. The van der Waals surface area contributed by atoms with Gasteiger partial charge in [0.2, 0.25) is 0 Å². The van der Waals surface area contributed by atoms with Gasteiger partial charge in [-0.2, -0.15) is 0 Å². The number of aliphatic hydroxyl groups excluding tert-OH is 3. The minimum atomic E-state index is -1.16. The standard InChI is InChI=1S/C14H19NO4/c1-14-13(18)12(17)11(16)10(19-14)8-15(14)7-9-5-3-2-4-6-9/h2-6,10-13,16-18H,7-8H2,1H3/t10-,11+,12-,13-,14-/m0/s1. The molecule has 0 amide bonds. The SMILES string of the molecule is C[C@@]12O[C@@H](CN1Cc1ccccc1)[C@@H](O)[C@H](O)[C@@H]2O. The lowest BCUT2D eigenvalue weighted by Gasteiger charge is -2.43. The predicted molar refractivity (Wildman–Crippen MR) is 68.2 cm³/mol. The first kappa shape index (κ1) is 13.0. The van der Waals surface area contributed by atoms with Crippen molar-refractivity contribution in [1.29, 1.82) is 0 Å². The largest absolute Gasteiger partial charge is 0.388 e. The van der Waals surface area contributed by atoms with Crippen LogP contribution in [0.4, 0.5) is 0 Å². The van der Waals surface area contributed by atoms with Gasteiger partial charge in [0.1, 0.15) is 30.1 Å². The van der Waals surface area contributed by atoms with Gasteiger partial charge in [-0.3, -0.25) is 4.90 Å². The molecule has 0 spiro atoms. The maximum Gasteiger partial charge on any atom is 0.148 e. The number of aliphatic hydroxyl groups is 3. The molecule has 2 heterocycles. The number of hydrogen-bond donors (Lipinski definition) is 3. The molecule has 1 aromatic carbocycles. The number of benzene rings is 1. The fourth-order valence-electron chi connectivity index (χ4n) is 3.00. The minimum absolute atomic E-state index is 0.452. The van der Waals surface area contributed by atoms with Gasteiger partial charge in [0, 0.05) is 13.1 Å². The summed E-state index contributed by atoms with van der Waals surface area (Å²) in [6, 6.07) is 9.88. The van der Waals surface area contributed by atoms with E-state index >= 15 is 0 Å². The van der Waals surface area contributed by atoms with Crippen molar-refractivity contribution in [2.75, 3.05) is 6.54 Å².